The Kier molecular flexibility index (Phi) is 6.02. The van der Waals surface area contributed by atoms with Crippen molar-refractivity contribution in [1.82, 2.24) is 14.9 Å². The molecule has 10 heteroatoms. The Bertz CT molecular complexity index is 1370. The Morgan fingerprint density at radius 2 is 2.03 bits per heavy atom. The molecule has 1 N–H and O–H groups in total. The lowest BCUT2D eigenvalue weighted by Gasteiger charge is -2.29. The van der Waals surface area contributed by atoms with E-state index in [0.29, 0.717) is 33.0 Å². The molecule has 1 unspecified atom stereocenters. The quantitative estimate of drug-likeness (QED) is 0.561. The van der Waals surface area contributed by atoms with Crippen molar-refractivity contribution < 1.29 is 14.3 Å². The molecule has 9 nitrogen and oxygen atoms in total. The molecule has 4 heterocycles. The number of amides is 1. The Morgan fingerprint density at radius 1 is 1.24 bits per heavy atom. The molecule has 0 radical (unpaired) electrons. The summed E-state index contributed by atoms with van der Waals surface area (Å²) < 4.78 is 6.89. The van der Waals surface area contributed by atoms with Crippen LogP contribution in [0.4, 0.5) is 5.95 Å². The van der Waals surface area contributed by atoms with E-state index in [1.54, 1.807) is 22.8 Å². The number of nitrogens with one attached hydrogen (secondary N) is 1. The van der Waals surface area contributed by atoms with E-state index in [1.165, 1.54) is 0 Å². The normalized spacial score (nSPS) is 18.0. The minimum Gasteiger partial charge on any atom is -0.464 e. The maximum Gasteiger partial charge on any atom is 0.328 e. The van der Waals surface area contributed by atoms with Crippen molar-refractivity contribution in [3.63, 3.8) is 0 Å². The molecule has 34 heavy (non-hydrogen) atoms. The number of hydrogen-bond donors (Lipinski definition) is 1. The number of fused-ring (bicyclic) bond motifs is 1. The summed E-state index contributed by atoms with van der Waals surface area (Å²) >= 11 is 1.06. The Balaban J connectivity index is 1.57. The lowest BCUT2D eigenvalue weighted by atomic mass is 10.1. The summed E-state index contributed by atoms with van der Waals surface area (Å²) in [5.41, 5.74) is 1.46. The molecule has 1 atom stereocenters. The van der Waals surface area contributed by atoms with E-state index in [1.807, 2.05) is 12.1 Å². The minimum atomic E-state index is -0.672. The monoisotopic (exact) mass is 477 g/mol. The lowest BCUT2D eigenvalue weighted by molar-refractivity contribution is -0.139. The van der Waals surface area contributed by atoms with Crippen LogP contribution in [-0.4, -0.2) is 47.2 Å². The molecule has 2 aromatic heterocycles. The van der Waals surface area contributed by atoms with E-state index in [2.05, 4.69) is 16.3 Å². The van der Waals surface area contributed by atoms with E-state index in [-0.39, 0.29) is 18.7 Å². The Hall–Kier alpha value is -3.71. The Morgan fingerprint density at radius 3 is 2.76 bits per heavy atom. The van der Waals surface area contributed by atoms with Gasteiger partial charge in [-0.3, -0.25) is 14.2 Å². The zero-order chi connectivity index (χ0) is 23.7. The highest BCUT2D eigenvalue weighted by Crippen LogP contribution is 2.26. The summed E-state index contributed by atoms with van der Waals surface area (Å²) in [5, 5.41) is 12.2. The number of thiophene rings is 1. The van der Waals surface area contributed by atoms with Gasteiger partial charge in [-0.2, -0.15) is 5.26 Å². The molecule has 2 aliphatic rings. The van der Waals surface area contributed by atoms with Gasteiger partial charge in [-0.05, 0) is 37.0 Å². The average Bonchev–Trinajstić information content (AvgIpc) is 3.48. The number of nitrogens with zero attached hydrogens (tertiary/aromatic N) is 4. The number of anilines is 1. The molecule has 2 saturated heterocycles. The number of hydrogen-bond acceptors (Lipinski definition) is 8. The first-order valence-corrected chi connectivity index (χ1v) is 12.1. The topological polar surface area (TPSA) is 117 Å². The highest BCUT2D eigenvalue weighted by Gasteiger charge is 2.29. The van der Waals surface area contributed by atoms with Crippen LogP contribution >= 0.6 is 11.3 Å². The largest absolute Gasteiger partial charge is 0.464 e. The first-order chi connectivity index (χ1) is 16.5. The van der Waals surface area contributed by atoms with Crippen molar-refractivity contribution >= 4 is 39.4 Å². The molecule has 0 bridgehead atoms. The second-order valence-corrected chi connectivity index (χ2v) is 9.48. The van der Waals surface area contributed by atoms with Gasteiger partial charge in [-0.25, -0.2) is 9.78 Å². The third kappa shape index (κ3) is 4.15. The van der Waals surface area contributed by atoms with Crippen molar-refractivity contribution in [3.05, 3.63) is 56.7 Å². The van der Waals surface area contributed by atoms with Crippen molar-refractivity contribution in [2.75, 3.05) is 24.6 Å². The van der Waals surface area contributed by atoms with Crippen molar-refractivity contribution in [2.45, 2.75) is 38.3 Å². The number of nitriles is 1. The fraction of sp³-hybridized carbons (Fsp3) is 0.375. The standard InChI is InChI=1S/C24H23N5O4S/c25-13-15-6-2-3-7-16(15)14-29-22(31)20-18(27-24(29)28-9-4-1-5-10-28)12-19(34-20)21(30)26-17-8-11-33-23(17)32/h2-3,6-7,12,17H,1,4-5,8-11,14H2,(H,26,30). The molecule has 0 spiro atoms. The van der Waals surface area contributed by atoms with Gasteiger partial charge in [0, 0.05) is 19.5 Å². The number of aromatic nitrogens is 2. The van der Waals surface area contributed by atoms with Crippen molar-refractivity contribution in [1.29, 1.82) is 5.26 Å². The predicted molar refractivity (Wildman–Crippen MR) is 127 cm³/mol. The van der Waals surface area contributed by atoms with Crippen molar-refractivity contribution in [3.8, 4) is 6.07 Å². The average molecular weight is 478 g/mol. The molecule has 1 amide bonds. The van der Waals surface area contributed by atoms with Crippen LogP contribution in [0, 0.1) is 11.3 Å². The number of carbonyl (C=O) groups is 2. The van der Waals surface area contributed by atoms with Gasteiger partial charge in [-0.15, -0.1) is 11.3 Å². The number of ether oxygens (including phenoxy) is 1. The summed E-state index contributed by atoms with van der Waals surface area (Å²) in [4.78, 5) is 45.4. The van der Waals surface area contributed by atoms with Gasteiger partial charge in [0.25, 0.3) is 11.5 Å². The maximum atomic E-state index is 13.6. The molecular formula is C24H23N5O4S. The van der Waals surface area contributed by atoms with Crippen LogP contribution in [0.25, 0.3) is 10.2 Å². The number of piperidine rings is 1. The van der Waals surface area contributed by atoms with Crippen LogP contribution in [-0.2, 0) is 16.1 Å². The van der Waals surface area contributed by atoms with Gasteiger partial charge in [0.15, 0.2) is 0 Å². The smallest absolute Gasteiger partial charge is 0.328 e. The summed E-state index contributed by atoms with van der Waals surface area (Å²) in [7, 11) is 0. The highest BCUT2D eigenvalue weighted by atomic mass is 32.1. The van der Waals surface area contributed by atoms with E-state index >= 15 is 0 Å². The van der Waals surface area contributed by atoms with Crippen LogP contribution in [0.5, 0.6) is 0 Å². The summed E-state index contributed by atoms with van der Waals surface area (Å²) in [6, 6.07) is 10.3. The molecule has 2 fully saturated rings. The third-order valence-electron chi connectivity index (χ3n) is 6.18. The van der Waals surface area contributed by atoms with Crippen LogP contribution in [0.1, 0.15) is 46.5 Å². The molecule has 0 aliphatic carbocycles. The van der Waals surface area contributed by atoms with Gasteiger partial charge < -0.3 is 15.0 Å². The number of esters is 1. The number of cyclic esters (lactones) is 1. The van der Waals surface area contributed by atoms with Gasteiger partial charge in [-0.1, -0.05) is 18.2 Å². The summed E-state index contributed by atoms with van der Waals surface area (Å²) in [5.74, 6) is -0.320. The zero-order valence-corrected chi connectivity index (χ0v) is 19.3. The van der Waals surface area contributed by atoms with E-state index in [9.17, 15) is 19.6 Å². The number of carbonyl (C=O) groups excluding carboxylic acids is 2. The van der Waals surface area contributed by atoms with Gasteiger partial charge in [0.05, 0.1) is 35.2 Å². The predicted octanol–water partition coefficient (Wildman–Crippen LogP) is 2.41. The fourth-order valence-electron chi connectivity index (χ4n) is 4.38. The highest BCUT2D eigenvalue weighted by molar-refractivity contribution is 7.20. The summed E-state index contributed by atoms with van der Waals surface area (Å²) in [6.45, 7) is 2.08. The SMILES string of the molecule is N#Cc1ccccc1Cn1c(N2CCCCC2)nc2cc(C(=O)NC3CCOC3=O)sc2c1=O. The van der Waals surface area contributed by atoms with Crippen molar-refractivity contribution in [2.24, 2.45) is 0 Å². The van der Waals surface area contributed by atoms with Crippen LogP contribution in [0.15, 0.2) is 35.1 Å². The minimum absolute atomic E-state index is 0.213. The van der Waals surface area contributed by atoms with Crippen LogP contribution in [0.3, 0.4) is 0 Å². The summed E-state index contributed by atoms with van der Waals surface area (Å²) in [6.07, 6.45) is 3.58. The molecule has 1 aromatic carbocycles. The van der Waals surface area contributed by atoms with Gasteiger partial charge in [0.2, 0.25) is 5.95 Å². The molecule has 5 rings (SSSR count). The number of rotatable bonds is 5. The first kappa shape index (κ1) is 22.1. The molecule has 174 valence electrons. The number of benzene rings is 1. The van der Waals surface area contributed by atoms with Crippen LogP contribution < -0.4 is 15.8 Å². The first-order valence-electron chi connectivity index (χ1n) is 11.3. The molecule has 2 aliphatic heterocycles. The zero-order valence-electron chi connectivity index (χ0n) is 18.5. The molecule has 0 saturated carbocycles. The fourth-order valence-corrected chi connectivity index (χ4v) is 5.33. The second-order valence-electron chi connectivity index (χ2n) is 8.43. The molecular weight excluding hydrogens is 454 g/mol. The van der Waals surface area contributed by atoms with Gasteiger partial charge >= 0.3 is 5.97 Å². The second kappa shape index (κ2) is 9.27. The van der Waals surface area contributed by atoms with E-state index in [0.717, 1.165) is 49.3 Å². The lowest BCUT2D eigenvalue weighted by Crippen LogP contribution is -2.37. The maximum absolute atomic E-state index is 13.6. The van der Waals surface area contributed by atoms with E-state index in [4.69, 9.17) is 9.72 Å². The molecule has 3 aromatic rings. The third-order valence-corrected chi connectivity index (χ3v) is 7.29. The van der Waals surface area contributed by atoms with Crippen LogP contribution in [0.2, 0.25) is 0 Å². The van der Waals surface area contributed by atoms with E-state index < -0.39 is 17.9 Å². The van der Waals surface area contributed by atoms with Gasteiger partial charge in [0.1, 0.15) is 10.7 Å². The Labute approximate surface area is 199 Å².